The first-order chi connectivity index (χ1) is 14.0. The maximum absolute atomic E-state index is 12.8. The van der Waals surface area contributed by atoms with Gasteiger partial charge in [0, 0.05) is 22.2 Å². The SMILES string of the molecule is COc1ccc(C)cc1Nc1nnc(SCC(=O)c2c(C)[nH]c3ccccc23)s1. The number of nitrogens with zero attached hydrogens (tertiary/aromatic N) is 2. The smallest absolute Gasteiger partial charge is 0.210 e. The molecule has 0 aliphatic heterocycles. The lowest BCUT2D eigenvalue weighted by molar-refractivity contribution is 0.102. The maximum Gasteiger partial charge on any atom is 0.210 e. The molecule has 148 valence electrons. The number of methoxy groups -OCH3 is 1. The molecule has 0 unspecified atom stereocenters. The molecule has 6 nitrogen and oxygen atoms in total. The first kappa shape index (κ1) is 19.5. The third-order valence-electron chi connectivity index (χ3n) is 4.50. The second kappa shape index (κ2) is 8.26. The number of ketones is 1. The van der Waals surface area contributed by atoms with Crippen molar-refractivity contribution in [3.05, 3.63) is 59.3 Å². The second-order valence-corrected chi connectivity index (χ2v) is 8.78. The first-order valence-electron chi connectivity index (χ1n) is 9.03. The number of H-pyrrole nitrogens is 1. The number of rotatable bonds is 7. The van der Waals surface area contributed by atoms with Crippen LogP contribution in [-0.2, 0) is 0 Å². The third-order valence-corrected chi connectivity index (χ3v) is 6.47. The molecule has 0 radical (unpaired) electrons. The number of carbonyl (C=O) groups excluding carboxylic acids is 1. The molecule has 0 atom stereocenters. The van der Waals surface area contributed by atoms with Crippen molar-refractivity contribution in [1.82, 2.24) is 15.2 Å². The van der Waals surface area contributed by atoms with E-state index in [0.29, 0.717) is 10.9 Å². The van der Waals surface area contributed by atoms with Crippen molar-refractivity contribution >= 4 is 50.6 Å². The number of hydrogen-bond donors (Lipinski definition) is 2. The van der Waals surface area contributed by atoms with E-state index < -0.39 is 0 Å². The Balaban J connectivity index is 1.45. The highest BCUT2D eigenvalue weighted by Crippen LogP contribution is 2.33. The number of aromatic amines is 1. The van der Waals surface area contributed by atoms with Crippen LogP contribution >= 0.6 is 23.1 Å². The normalized spacial score (nSPS) is 11.0. The van der Waals surface area contributed by atoms with Crippen molar-refractivity contribution in [2.45, 2.75) is 18.2 Å². The van der Waals surface area contributed by atoms with Crippen molar-refractivity contribution in [3.63, 3.8) is 0 Å². The van der Waals surface area contributed by atoms with E-state index in [-0.39, 0.29) is 5.78 Å². The molecule has 0 saturated carbocycles. The highest BCUT2D eigenvalue weighted by molar-refractivity contribution is 8.01. The number of fused-ring (bicyclic) bond motifs is 1. The summed E-state index contributed by atoms with van der Waals surface area (Å²) in [7, 11) is 1.63. The Bertz CT molecular complexity index is 1180. The average molecular weight is 425 g/mol. The van der Waals surface area contributed by atoms with Gasteiger partial charge in [0.1, 0.15) is 5.75 Å². The molecule has 0 aliphatic rings. The van der Waals surface area contributed by atoms with Crippen LogP contribution in [0.5, 0.6) is 5.75 Å². The van der Waals surface area contributed by atoms with Crippen LogP contribution in [-0.4, -0.2) is 33.8 Å². The minimum absolute atomic E-state index is 0.0787. The molecule has 29 heavy (non-hydrogen) atoms. The molecular formula is C21H20N4O2S2. The minimum atomic E-state index is 0.0787. The standard InChI is InChI=1S/C21H20N4O2S2/c1-12-8-9-18(27-3)16(10-12)23-20-24-25-21(29-20)28-11-17(26)19-13(2)22-15-7-5-4-6-14(15)19/h4-10,22H,11H2,1-3H3,(H,23,24). The summed E-state index contributed by atoms with van der Waals surface area (Å²) in [6.07, 6.45) is 0. The van der Waals surface area contributed by atoms with E-state index in [0.717, 1.165) is 43.5 Å². The number of hydrogen-bond acceptors (Lipinski definition) is 7. The lowest BCUT2D eigenvalue weighted by Crippen LogP contribution is -2.03. The third kappa shape index (κ3) is 4.13. The Morgan fingerprint density at radius 1 is 1.21 bits per heavy atom. The van der Waals surface area contributed by atoms with Crippen LogP contribution in [0.3, 0.4) is 0 Å². The number of ether oxygens (including phenoxy) is 1. The van der Waals surface area contributed by atoms with Gasteiger partial charge in [-0.2, -0.15) is 0 Å². The summed E-state index contributed by atoms with van der Waals surface area (Å²) in [6.45, 7) is 3.95. The highest BCUT2D eigenvalue weighted by atomic mass is 32.2. The molecular weight excluding hydrogens is 404 g/mol. The minimum Gasteiger partial charge on any atom is -0.495 e. The number of benzene rings is 2. The summed E-state index contributed by atoms with van der Waals surface area (Å²) in [5.74, 6) is 1.13. The van der Waals surface area contributed by atoms with Gasteiger partial charge in [0.25, 0.3) is 0 Å². The number of anilines is 2. The van der Waals surface area contributed by atoms with Crippen LogP contribution < -0.4 is 10.1 Å². The van der Waals surface area contributed by atoms with E-state index in [9.17, 15) is 4.79 Å². The monoisotopic (exact) mass is 424 g/mol. The highest BCUT2D eigenvalue weighted by Gasteiger charge is 2.17. The average Bonchev–Trinajstić information content (AvgIpc) is 3.29. The molecule has 2 aromatic carbocycles. The second-order valence-electron chi connectivity index (χ2n) is 6.58. The van der Waals surface area contributed by atoms with E-state index in [1.165, 1.54) is 23.1 Å². The van der Waals surface area contributed by atoms with Gasteiger partial charge in [0.15, 0.2) is 10.1 Å². The molecule has 2 N–H and O–H groups in total. The molecule has 4 aromatic rings. The number of aromatic nitrogens is 3. The fraction of sp³-hybridized carbons (Fsp3) is 0.190. The van der Waals surface area contributed by atoms with Crippen molar-refractivity contribution in [2.75, 3.05) is 18.2 Å². The summed E-state index contributed by atoms with van der Waals surface area (Å²) in [6, 6.07) is 13.8. The quantitative estimate of drug-likeness (QED) is 0.307. The Hall–Kier alpha value is -2.84. The molecule has 2 aromatic heterocycles. The van der Waals surface area contributed by atoms with Crippen LogP contribution in [0.4, 0.5) is 10.8 Å². The van der Waals surface area contributed by atoms with Gasteiger partial charge in [-0.05, 0) is 37.6 Å². The predicted molar refractivity (Wildman–Crippen MR) is 119 cm³/mol. The van der Waals surface area contributed by atoms with Crippen LogP contribution in [0.1, 0.15) is 21.6 Å². The fourth-order valence-corrected chi connectivity index (χ4v) is 4.83. The van der Waals surface area contributed by atoms with Crippen molar-refractivity contribution in [3.8, 4) is 5.75 Å². The zero-order valence-electron chi connectivity index (χ0n) is 16.3. The molecule has 0 aliphatic carbocycles. The summed E-state index contributed by atoms with van der Waals surface area (Å²) >= 11 is 2.81. The van der Waals surface area contributed by atoms with Crippen LogP contribution in [0.15, 0.2) is 46.8 Å². The number of aryl methyl sites for hydroxylation is 2. The maximum atomic E-state index is 12.8. The van der Waals surface area contributed by atoms with E-state index in [4.69, 9.17) is 4.74 Å². The largest absolute Gasteiger partial charge is 0.495 e. The molecule has 0 saturated heterocycles. The van der Waals surface area contributed by atoms with Gasteiger partial charge < -0.3 is 15.0 Å². The molecule has 0 amide bonds. The molecule has 8 heteroatoms. The Morgan fingerprint density at radius 2 is 2.03 bits per heavy atom. The summed E-state index contributed by atoms with van der Waals surface area (Å²) in [4.78, 5) is 16.1. The summed E-state index contributed by atoms with van der Waals surface area (Å²) < 4.78 is 6.13. The number of Topliss-reactive ketones (excluding diaryl/α,β-unsaturated/α-hetero) is 1. The number of carbonyl (C=O) groups is 1. The van der Waals surface area contributed by atoms with Gasteiger partial charge in [0.2, 0.25) is 5.13 Å². The molecule has 0 spiro atoms. The van der Waals surface area contributed by atoms with Gasteiger partial charge in [0.05, 0.1) is 18.6 Å². The molecule has 0 bridgehead atoms. The lowest BCUT2D eigenvalue weighted by Gasteiger charge is -2.09. The summed E-state index contributed by atoms with van der Waals surface area (Å²) in [5, 5.41) is 13.3. The lowest BCUT2D eigenvalue weighted by atomic mass is 10.1. The Labute approximate surface area is 176 Å². The first-order valence-corrected chi connectivity index (χ1v) is 10.8. The Kier molecular flexibility index (Phi) is 5.55. The van der Waals surface area contributed by atoms with Crippen molar-refractivity contribution in [1.29, 1.82) is 0 Å². The zero-order valence-corrected chi connectivity index (χ0v) is 17.9. The van der Waals surface area contributed by atoms with Crippen LogP contribution in [0.2, 0.25) is 0 Å². The van der Waals surface area contributed by atoms with E-state index >= 15 is 0 Å². The van der Waals surface area contributed by atoms with Gasteiger partial charge in [-0.3, -0.25) is 4.79 Å². The van der Waals surface area contributed by atoms with Gasteiger partial charge in [-0.15, -0.1) is 10.2 Å². The van der Waals surface area contributed by atoms with E-state index in [1.807, 2.05) is 56.3 Å². The van der Waals surface area contributed by atoms with Crippen molar-refractivity contribution < 1.29 is 9.53 Å². The predicted octanol–water partition coefficient (Wildman–Crippen LogP) is 5.36. The van der Waals surface area contributed by atoms with Gasteiger partial charge >= 0.3 is 0 Å². The topological polar surface area (TPSA) is 79.9 Å². The molecule has 4 rings (SSSR count). The molecule has 2 heterocycles. The summed E-state index contributed by atoms with van der Waals surface area (Å²) in [5.41, 5.74) is 4.58. The Morgan fingerprint density at radius 3 is 2.86 bits per heavy atom. The van der Waals surface area contributed by atoms with Crippen LogP contribution in [0, 0.1) is 13.8 Å². The molecule has 0 fully saturated rings. The van der Waals surface area contributed by atoms with E-state index in [1.54, 1.807) is 7.11 Å². The van der Waals surface area contributed by atoms with Crippen LogP contribution in [0.25, 0.3) is 10.9 Å². The van der Waals surface area contributed by atoms with Gasteiger partial charge in [-0.25, -0.2) is 0 Å². The number of nitrogens with one attached hydrogen (secondary N) is 2. The number of thioether (sulfide) groups is 1. The number of para-hydroxylation sites is 1. The van der Waals surface area contributed by atoms with E-state index in [2.05, 4.69) is 20.5 Å². The fourth-order valence-electron chi connectivity index (χ4n) is 3.19. The van der Waals surface area contributed by atoms with Gasteiger partial charge in [-0.1, -0.05) is 47.4 Å². The zero-order chi connectivity index (χ0) is 20.4. The van der Waals surface area contributed by atoms with Crippen molar-refractivity contribution in [2.24, 2.45) is 0 Å².